The topological polar surface area (TPSA) is 87.4 Å². The maximum absolute atomic E-state index is 12.6. The first-order valence-corrected chi connectivity index (χ1v) is 8.38. The smallest absolute Gasteiger partial charge is 0.335 e. The van der Waals surface area contributed by atoms with Gasteiger partial charge in [-0.1, -0.05) is 36.4 Å². The molecule has 0 radical (unpaired) electrons. The fraction of sp³-hybridized carbons (Fsp3) is 0. The van der Waals surface area contributed by atoms with Gasteiger partial charge in [0.25, 0.3) is 0 Å². The van der Waals surface area contributed by atoms with E-state index in [1.165, 1.54) is 0 Å². The van der Waals surface area contributed by atoms with Gasteiger partial charge in [-0.05, 0) is 29.8 Å². The van der Waals surface area contributed by atoms with Crippen molar-refractivity contribution in [2.75, 3.05) is 0 Å². The van der Waals surface area contributed by atoms with E-state index < -0.39 is 5.97 Å². The number of hydrogen-bond acceptors (Lipinski definition) is 3. The van der Waals surface area contributed by atoms with Crippen LogP contribution in [-0.2, 0) is 0 Å². The summed E-state index contributed by atoms with van der Waals surface area (Å²) < 4.78 is 1.64. The minimum absolute atomic E-state index is 0.220. The van der Waals surface area contributed by atoms with E-state index in [0.29, 0.717) is 11.4 Å². The molecule has 0 aliphatic carbocycles. The molecule has 0 spiro atoms. The van der Waals surface area contributed by atoms with Crippen LogP contribution < -0.4 is 5.69 Å². The van der Waals surface area contributed by atoms with Crippen LogP contribution in [0.5, 0.6) is 0 Å². The van der Waals surface area contributed by atoms with Gasteiger partial charge in [0.05, 0.1) is 28.0 Å². The minimum atomic E-state index is -0.969. The molecule has 0 atom stereocenters. The van der Waals surface area contributed by atoms with Gasteiger partial charge < -0.3 is 10.1 Å². The van der Waals surface area contributed by atoms with Crippen molar-refractivity contribution in [3.05, 3.63) is 82.3 Å². The second-order valence-corrected chi connectivity index (χ2v) is 6.32. The highest BCUT2D eigenvalue weighted by Crippen LogP contribution is 2.38. The molecule has 1 aliphatic heterocycles. The number of aromatic amines is 1. The number of aromatic carboxylic acids is 1. The van der Waals surface area contributed by atoms with E-state index in [0.717, 1.165) is 27.7 Å². The average molecular weight is 355 g/mol. The highest BCUT2D eigenvalue weighted by Gasteiger charge is 2.19. The Morgan fingerprint density at radius 2 is 1.78 bits per heavy atom. The summed E-state index contributed by atoms with van der Waals surface area (Å²) in [6.07, 6.45) is 1.76. The van der Waals surface area contributed by atoms with Crippen LogP contribution in [0.25, 0.3) is 27.8 Å². The highest BCUT2D eigenvalue weighted by molar-refractivity contribution is 6.02. The highest BCUT2D eigenvalue weighted by atomic mass is 16.4. The lowest BCUT2D eigenvalue weighted by Crippen LogP contribution is -2.14. The van der Waals surface area contributed by atoms with Crippen molar-refractivity contribution in [1.29, 1.82) is 0 Å². The van der Waals surface area contributed by atoms with Crippen LogP contribution in [0, 0.1) is 0 Å². The zero-order valence-corrected chi connectivity index (χ0v) is 14.0. The number of para-hydroxylation sites is 2. The van der Waals surface area contributed by atoms with Crippen molar-refractivity contribution in [2.24, 2.45) is 4.99 Å². The van der Waals surface area contributed by atoms with E-state index >= 15 is 0 Å². The summed E-state index contributed by atoms with van der Waals surface area (Å²) in [6.45, 7) is 0. The van der Waals surface area contributed by atoms with Crippen LogP contribution in [0.3, 0.4) is 0 Å². The van der Waals surface area contributed by atoms with E-state index in [1.54, 1.807) is 35.0 Å². The molecule has 0 unspecified atom stereocenters. The standard InChI is InChI=1S/C21H13N3O3/c25-20(26)13-9-7-12(8-10-13)15-4-2-6-17-18(15)22-11-14-3-1-5-16-19(14)24(17)21(27)23-16/h1-11H,(H,23,27)(H,25,26). The summed E-state index contributed by atoms with van der Waals surface area (Å²) in [4.78, 5) is 31.3. The Labute approximate surface area is 153 Å². The normalized spacial score (nSPS) is 12.0. The lowest BCUT2D eigenvalue weighted by Gasteiger charge is -2.11. The number of hydrogen-bond donors (Lipinski definition) is 2. The van der Waals surface area contributed by atoms with Crippen LogP contribution in [0.4, 0.5) is 5.69 Å². The van der Waals surface area contributed by atoms with Gasteiger partial charge in [0.2, 0.25) is 0 Å². The molecule has 2 N–H and O–H groups in total. The Morgan fingerprint density at radius 3 is 2.56 bits per heavy atom. The Balaban J connectivity index is 1.79. The largest absolute Gasteiger partial charge is 0.478 e. The number of aliphatic imine (C=N–C) groups is 1. The van der Waals surface area contributed by atoms with Crippen molar-refractivity contribution >= 4 is 28.9 Å². The molecule has 1 aromatic heterocycles. The molecular formula is C21H13N3O3. The Kier molecular flexibility index (Phi) is 3.14. The maximum Gasteiger partial charge on any atom is 0.335 e. The first-order valence-electron chi connectivity index (χ1n) is 8.38. The fourth-order valence-electron chi connectivity index (χ4n) is 3.53. The number of aromatic nitrogens is 2. The molecule has 0 fully saturated rings. The summed E-state index contributed by atoms with van der Waals surface area (Å²) in [6, 6.07) is 17.9. The Bertz CT molecular complexity index is 1310. The number of nitrogens with one attached hydrogen (secondary N) is 1. The van der Waals surface area contributed by atoms with Crippen molar-refractivity contribution < 1.29 is 9.90 Å². The van der Waals surface area contributed by atoms with Crippen molar-refractivity contribution in [3.8, 4) is 16.8 Å². The molecule has 0 saturated carbocycles. The van der Waals surface area contributed by atoms with Gasteiger partial charge in [-0.2, -0.15) is 0 Å². The zero-order valence-electron chi connectivity index (χ0n) is 14.0. The van der Waals surface area contributed by atoms with Crippen molar-refractivity contribution in [1.82, 2.24) is 9.55 Å². The van der Waals surface area contributed by atoms with Crippen LogP contribution in [-0.4, -0.2) is 26.8 Å². The molecular weight excluding hydrogens is 342 g/mol. The van der Waals surface area contributed by atoms with Gasteiger partial charge in [-0.3, -0.25) is 9.56 Å². The fourth-order valence-corrected chi connectivity index (χ4v) is 3.53. The van der Waals surface area contributed by atoms with Crippen molar-refractivity contribution in [3.63, 3.8) is 0 Å². The molecule has 2 heterocycles. The number of carboxylic acid groups (broad SMARTS) is 1. The van der Waals surface area contributed by atoms with Crippen LogP contribution >= 0.6 is 0 Å². The number of carbonyl (C=O) groups is 1. The van der Waals surface area contributed by atoms with Crippen molar-refractivity contribution in [2.45, 2.75) is 0 Å². The molecule has 5 rings (SSSR count). The number of imidazole rings is 1. The van der Waals surface area contributed by atoms with Gasteiger partial charge in [-0.25, -0.2) is 9.59 Å². The number of carboxylic acids is 1. The third-order valence-corrected chi connectivity index (χ3v) is 4.77. The van der Waals surface area contributed by atoms with Gasteiger partial charge in [-0.15, -0.1) is 0 Å². The molecule has 1 aliphatic rings. The Hall–Kier alpha value is -3.93. The van der Waals surface area contributed by atoms with Gasteiger partial charge in [0.1, 0.15) is 0 Å². The molecule has 6 nitrogen and oxygen atoms in total. The predicted octanol–water partition coefficient (Wildman–Crippen LogP) is 3.75. The zero-order chi connectivity index (χ0) is 18.5. The number of H-pyrrole nitrogens is 1. The first-order chi connectivity index (χ1) is 13.1. The molecule has 0 bridgehead atoms. The van der Waals surface area contributed by atoms with Crippen LogP contribution in [0.2, 0.25) is 0 Å². The molecule has 27 heavy (non-hydrogen) atoms. The first kappa shape index (κ1) is 15.3. The summed E-state index contributed by atoms with van der Waals surface area (Å²) in [7, 11) is 0. The lowest BCUT2D eigenvalue weighted by molar-refractivity contribution is 0.0697. The third-order valence-electron chi connectivity index (χ3n) is 4.77. The third kappa shape index (κ3) is 2.23. The van der Waals surface area contributed by atoms with E-state index in [1.807, 2.05) is 36.4 Å². The van der Waals surface area contributed by atoms with E-state index in [4.69, 9.17) is 5.11 Å². The second-order valence-electron chi connectivity index (χ2n) is 6.32. The molecule has 0 amide bonds. The summed E-state index contributed by atoms with van der Waals surface area (Å²) in [5, 5.41) is 9.10. The predicted molar refractivity (Wildman–Crippen MR) is 104 cm³/mol. The number of benzene rings is 3. The SMILES string of the molecule is O=C(O)c1ccc(-c2cccc3c2N=Cc2cccc4[nH]c(=O)n-3c24)cc1. The van der Waals surface area contributed by atoms with Crippen LogP contribution in [0.15, 0.2) is 70.5 Å². The van der Waals surface area contributed by atoms with E-state index in [9.17, 15) is 9.59 Å². The molecule has 3 aromatic carbocycles. The molecule has 130 valence electrons. The summed E-state index contributed by atoms with van der Waals surface area (Å²) >= 11 is 0. The minimum Gasteiger partial charge on any atom is -0.478 e. The average Bonchev–Trinajstić information content (AvgIpc) is 2.91. The number of nitrogens with zero attached hydrogens (tertiary/aromatic N) is 2. The number of fused-ring (bicyclic) bond motifs is 2. The Morgan fingerprint density at radius 1 is 1.00 bits per heavy atom. The van der Waals surface area contributed by atoms with Gasteiger partial charge in [0.15, 0.2) is 0 Å². The second kappa shape index (κ2) is 5.54. The summed E-state index contributed by atoms with van der Waals surface area (Å²) in [5.41, 5.74) is 5.43. The van der Waals surface area contributed by atoms with Gasteiger partial charge >= 0.3 is 11.7 Å². The quantitative estimate of drug-likeness (QED) is 0.505. The molecule has 4 aromatic rings. The monoisotopic (exact) mass is 355 g/mol. The number of rotatable bonds is 2. The molecule has 6 heteroatoms. The summed E-state index contributed by atoms with van der Waals surface area (Å²) in [5.74, 6) is -0.969. The van der Waals surface area contributed by atoms with E-state index in [-0.39, 0.29) is 11.3 Å². The van der Waals surface area contributed by atoms with Gasteiger partial charge in [0, 0.05) is 17.3 Å². The van der Waals surface area contributed by atoms with E-state index in [2.05, 4.69) is 9.98 Å². The lowest BCUT2D eigenvalue weighted by atomic mass is 10.0. The molecule has 0 saturated heterocycles. The maximum atomic E-state index is 12.6. The van der Waals surface area contributed by atoms with Crippen LogP contribution in [0.1, 0.15) is 15.9 Å².